The molecule has 1 aliphatic carbocycles. The fraction of sp³-hybridized carbons (Fsp3) is 0.333. The Bertz CT molecular complexity index is 551. The fourth-order valence-electron chi connectivity index (χ4n) is 2.78. The van der Waals surface area contributed by atoms with Gasteiger partial charge in [0.2, 0.25) is 0 Å². The van der Waals surface area contributed by atoms with Crippen LogP contribution in [-0.2, 0) is 18.4 Å². The second-order valence-electron chi connectivity index (χ2n) is 5.17. The molecule has 0 aliphatic heterocycles. The SMILES string of the molecule is CC(C)(O)c1ccc2c3c(cccc13)CC2. The highest BCUT2D eigenvalue weighted by Gasteiger charge is 2.22. The van der Waals surface area contributed by atoms with Crippen LogP contribution in [0.25, 0.3) is 10.8 Å². The van der Waals surface area contributed by atoms with Crippen molar-refractivity contribution < 1.29 is 5.11 Å². The van der Waals surface area contributed by atoms with Crippen molar-refractivity contribution in [2.24, 2.45) is 0 Å². The van der Waals surface area contributed by atoms with Gasteiger partial charge in [-0.2, -0.15) is 0 Å². The highest BCUT2D eigenvalue weighted by atomic mass is 16.3. The summed E-state index contributed by atoms with van der Waals surface area (Å²) in [5.74, 6) is 0. The molecule has 1 nitrogen and oxygen atoms in total. The van der Waals surface area contributed by atoms with Crippen molar-refractivity contribution in [3.05, 3.63) is 47.0 Å². The Balaban J connectivity index is 2.43. The molecule has 0 saturated carbocycles. The molecule has 0 aromatic heterocycles. The summed E-state index contributed by atoms with van der Waals surface area (Å²) in [5, 5.41) is 12.8. The van der Waals surface area contributed by atoms with Crippen molar-refractivity contribution in [3.63, 3.8) is 0 Å². The molecule has 3 rings (SSSR count). The van der Waals surface area contributed by atoms with Gasteiger partial charge in [-0.1, -0.05) is 30.3 Å². The van der Waals surface area contributed by atoms with Gasteiger partial charge in [-0.15, -0.1) is 0 Å². The van der Waals surface area contributed by atoms with Gasteiger partial charge in [0, 0.05) is 0 Å². The van der Waals surface area contributed by atoms with Crippen LogP contribution < -0.4 is 0 Å². The number of aryl methyl sites for hydroxylation is 2. The Kier molecular flexibility index (Phi) is 1.90. The molecule has 82 valence electrons. The zero-order chi connectivity index (χ0) is 11.3. The topological polar surface area (TPSA) is 20.2 Å². The molecule has 1 N–H and O–H groups in total. The first kappa shape index (κ1) is 9.86. The van der Waals surface area contributed by atoms with E-state index >= 15 is 0 Å². The molecular formula is C15H16O. The minimum Gasteiger partial charge on any atom is -0.386 e. The van der Waals surface area contributed by atoms with Crippen LogP contribution in [-0.4, -0.2) is 5.11 Å². The smallest absolute Gasteiger partial charge is 0.0846 e. The molecule has 0 saturated heterocycles. The average Bonchev–Trinajstić information content (AvgIpc) is 2.63. The minimum atomic E-state index is -0.764. The van der Waals surface area contributed by atoms with Gasteiger partial charge in [0.05, 0.1) is 5.60 Å². The van der Waals surface area contributed by atoms with Crippen molar-refractivity contribution in [2.45, 2.75) is 32.3 Å². The van der Waals surface area contributed by atoms with Crippen molar-refractivity contribution in [1.29, 1.82) is 0 Å². The lowest BCUT2D eigenvalue weighted by Gasteiger charge is -2.20. The molecule has 1 heteroatoms. The van der Waals surface area contributed by atoms with Gasteiger partial charge < -0.3 is 5.11 Å². The summed E-state index contributed by atoms with van der Waals surface area (Å²) in [5.41, 5.74) is 3.13. The molecule has 0 fully saturated rings. The maximum Gasteiger partial charge on any atom is 0.0846 e. The maximum absolute atomic E-state index is 10.2. The van der Waals surface area contributed by atoms with E-state index in [0.717, 1.165) is 18.4 Å². The lowest BCUT2D eigenvalue weighted by molar-refractivity contribution is 0.0802. The molecule has 0 spiro atoms. The van der Waals surface area contributed by atoms with Crippen molar-refractivity contribution in [1.82, 2.24) is 0 Å². The number of benzene rings is 2. The van der Waals surface area contributed by atoms with Gasteiger partial charge in [-0.3, -0.25) is 0 Å². The summed E-state index contributed by atoms with van der Waals surface area (Å²) >= 11 is 0. The third kappa shape index (κ3) is 1.28. The molecule has 2 aromatic rings. The zero-order valence-electron chi connectivity index (χ0n) is 9.75. The van der Waals surface area contributed by atoms with Crippen molar-refractivity contribution in [2.75, 3.05) is 0 Å². The molecule has 2 aromatic carbocycles. The van der Waals surface area contributed by atoms with Gasteiger partial charge in [0.15, 0.2) is 0 Å². The lowest BCUT2D eigenvalue weighted by Crippen LogP contribution is -2.16. The number of hydrogen-bond donors (Lipinski definition) is 1. The zero-order valence-corrected chi connectivity index (χ0v) is 9.75. The van der Waals surface area contributed by atoms with E-state index in [4.69, 9.17) is 0 Å². The second-order valence-corrected chi connectivity index (χ2v) is 5.17. The van der Waals surface area contributed by atoms with Gasteiger partial charge in [0.25, 0.3) is 0 Å². The van der Waals surface area contributed by atoms with Gasteiger partial charge >= 0.3 is 0 Å². The molecule has 0 atom stereocenters. The summed E-state index contributed by atoms with van der Waals surface area (Å²) < 4.78 is 0. The van der Waals surface area contributed by atoms with E-state index in [9.17, 15) is 5.11 Å². The highest BCUT2D eigenvalue weighted by molar-refractivity contribution is 5.93. The maximum atomic E-state index is 10.2. The molecule has 0 bridgehead atoms. The molecule has 0 heterocycles. The van der Waals surface area contributed by atoms with Gasteiger partial charge in [-0.25, -0.2) is 0 Å². The van der Waals surface area contributed by atoms with E-state index in [0.29, 0.717) is 0 Å². The Morgan fingerprint density at radius 1 is 1.00 bits per heavy atom. The van der Waals surface area contributed by atoms with Crippen molar-refractivity contribution in [3.8, 4) is 0 Å². The summed E-state index contributed by atoms with van der Waals surface area (Å²) in [6.07, 6.45) is 2.28. The second kappa shape index (κ2) is 3.08. The Morgan fingerprint density at radius 2 is 1.69 bits per heavy atom. The average molecular weight is 212 g/mol. The monoisotopic (exact) mass is 212 g/mol. The van der Waals surface area contributed by atoms with Crippen molar-refractivity contribution >= 4 is 10.8 Å². The van der Waals surface area contributed by atoms with E-state index in [1.54, 1.807) is 0 Å². The molecule has 0 amide bonds. The number of hydrogen-bond acceptors (Lipinski definition) is 1. The van der Waals surface area contributed by atoms with Gasteiger partial charge in [-0.05, 0) is 54.2 Å². The lowest BCUT2D eigenvalue weighted by atomic mass is 9.90. The number of rotatable bonds is 1. The van der Waals surface area contributed by atoms with Crippen LogP contribution in [0.2, 0.25) is 0 Å². The first-order valence-corrected chi connectivity index (χ1v) is 5.84. The standard InChI is InChI=1S/C15H16O/c1-15(2,16)13-9-8-11-7-6-10-4-3-5-12(13)14(10)11/h3-5,8-9,16H,6-7H2,1-2H3. The third-order valence-corrected chi connectivity index (χ3v) is 3.54. The molecule has 0 radical (unpaired) electrons. The van der Waals surface area contributed by atoms with E-state index in [1.165, 1.54) is 21.9 Å². The van der Waals surface area contributed by atoms with Gasteiger partial charge in [0.1, 0.15) is 0 Å². The minimum absolute atomic E-state index is 0.764. The molecule has 1 aliphatic rings. The molecule has 0 unspecified atom stereocenters. The quantitative estimate of drug-likeness (QED) is 0.769. The first-order chi connectivity index (χ1) is 7.57. The van der Waals surface area contributed by atoms with Crippen LogP contribution >= 0.6 is 0 Å². The molecular weight excluding hydrogens is 196 g/mol. The van der Waals surface area contributed by atoms with Crippen LogP contribution in [0.15, 0.2) is 30.3 Å². The van der Waals surface area contributed by atoms with E-state index < -0.39 is 5.60 Å². The Hall–Kier alpha value is -1.34. The summed E-state index contributed by atoms with van der Waals surface area (Å²) in [6, 6.07) is 10.7. The van der Waals surface area contributed by atoms with Crippen LogP contribution in [0.3, 0.4) is 0 Å². The highest BCUT2D eigenvalue weighted by Crippen LogP contribution is 2.36. The Labute approximate surface area is 95.7 Å². The fourth-order valence-corrected chi connectivity index (χ4v) is 2.78. The summed E-state index contributed by atoms with van der Waals surface area (Å²) in [7, 11) is 0. The first-order valence-electron chi connectivity index (χ1n) is 5.84. The predicted molar refractivity (Wildman–Crippen MR) is 66.6 cm³/mol. The van der Waals surface area contributed by atoms with E-state index in [2.05, 4.69) is 30.3 Å². The third-order valence-electron chi connectivity index (χ3n) is 3.54. The van der Waals surface area contributed by atoms with Crippen LogP contribution in [0.1, 0.15) is 30.5 Å². The Morgan fingerprint density at radius 3 is 2.38 bits per heavy atom. The predicted octanol–water partition coefficient (Wildman–Crippen LogP) is 3.17. The van der Waals surface area contributed by atoms with Crippen LogP contribution in [0.5, 0.6) is 0 Å². The van der Waals surface area contributed by atoms with E-state index in [1.807, 2.05) is 13.8 Å². The normalized spacial score (nSPS) is 14.7. The van der Waals surface area contributed by atoms with E-state index in [-0.39, 0.29) is 0 Å². The van der Waals surface area contributed by atoms with Crippen LogP contribution in [0.4, 0.5) is 0 Å². The molecule has 16 heavy (non-hydrogen) atoms. The summed E-state index contributed by atoms with van der Waals surface area (Å²) in [4.78, 5) is 0. The summed E-state index contributed by atoms with van der Waals surface area (Å²) in [6.45, 7) is 3.71. The largest absolute Gasteiger partial charge is 0.386 e. The number of aliphatic hydroxyl groups is 1. The van der Waals surface area contributed by atoms with Crippen LogP contribution in [0, 0.1) is 0 Å².